The number of hydrogen-bond acceptors (Lipinski definition) is 4. The molecule has 0 aromatic heterocycles. The fraction of sp³-hybridized carbons (Fsp3) is 0.143. The molecule has 0 aliphatic carbocycles. The van der Waals surface area contributed by atoms with Gasteiger partial charge in [0.05, 0.1) is 24.8 Å². The fourth-order valence-electron chi connectivity index (χ4n) is 2.95. The molecule has 0 saturated carbocycles. The monoisotopic (exact) mass is 349 g/mol. The van der Waals surface area contributed by atoms with Crippen molar-refractivity contribution in [1.29, 1.82) is 0 Å². The molecule has 0 radical (unpaired) electrons. The molecular formula is C21H19NO4. The number of rotatable bonds is 4. The number of phenols is 1. The lowest BCUT2D eigenvalue weighted by Gasteiger charge is -2.17. The maximum atomic E-state index is 13.0. The molecule has 132 valence electrons. The highest BCUT2D eigenvalue weighted by molar-refractivity contribution is 6.16. The number of allylic oxidation sites excluding steroid dienone is 1. The maximum Gasteiger partial charge on any atom is 0.340 e. The van der Waals surface area contributed by atoms with Crippen molar-refractivity contribution >= 4 is 18.0 Å². The molecule has 0 saturated heterocycles. The Morgan fingerprint density at radius 2 is 1.77 bits per heavy atom. The van der Waals surface area contributed by atoms with Crippen LogP contribution in [-0.4, -0.2) is 29.0 Å². The number of benzene rings is 2. The quantitative estimate of drug-likeness (QED) is 0.680. The molecule has 26 heavy (non-hydrogen) atoms. The van der Waals surface area contributed by atoms with Crippen LogP contribution in [0.3, 0.4) is 0 Å². The van der Waals surface area contributed by atoms with E-state index in [0.29, 0.717) is 17.8 Å². The van der Waals surface area contributed by atoms with Gasteiger partial charge in [0.25, 0.3) is 5.91 Å². The highest BCUT2D eigenvalue weighted by Gasteiger charge is 2.37. The topological polar surface area (TPSA) is 66.8 Å². The van der Waals surface area contributed by atoms with E-state index in [1.807, 2.05) is 30.3 Å². The van der Waals surface area contributed by atoms with E-state index in [4.69, 9.17) is 4.74 Å². The molecule has 0 fully saturated rings. The lowest BCUT2D eigenvalue weighted by Crippen LogP contribution is -2.24. The maximum absolute atomic E-state index is 13.0. The second kappa shape index (κ2) is 7.27. The van der Waals surface area contributed by atoms with Crippen LogP contribution in [0.4, 0.5) is 0 Å². The van der Waals surface area contributed by atoms with Crippen LogP contribution in [0.5, 0.6) is 5.75 Å². The first kappa shape index (κ1) is 17.5. The van der Waals surface area contributed by atoms with E-state index in [1.165, 1.54) is 19.3 Å². The molecule has 0 spiro atoms. The van der Waals surface area contributed by atoms with Crippen LogP contribution in [0.25, 0.3) is 6.08 Å². The summed E-state index contributed by atoms with van der Waals surface area (Å²) in [4.78, 5) is 26.8. The second-order valence-corrected chi connectivity index (χ2v) is 5.95. The number of methoxy groups -OCH3 is 1. The SMILES string of the molecule is COC(=O)C1=C(C)N(Cc2ccccc2)C(=O)/C1=C\c1ccccc1O. The standard InChI is InChI=1S/C21H19NO4/c1-14-19(21(25)26-2)17(12-16-10-6-7-11-18(16)23)20(24)22(14)13-15-8-4-3-5-9-15/h3-12,23H,13H2,1-2H3/b17-12-. The van der Waals surface area contributed by atoms with Crippen LogP contribution in [0, 0.1) is 0 Å². The molecule has 1 aliphatic heterocycles. The average molecular weight is 349 g/mol. The minimum atomic E-state index is -0.576. The van der Waals surface area contributed by atoms with E-state index in [0.717, 1.165) is 5.56 Å². The molecule has 3 rings (SSSR count). The third kappa shape index (κ3) is 3.24. The van der Waals surface area contributed by atoms with Gasteiger partial charge < -0.3 is 14.7 Å². The van der Waals surface area contributed by atoms with Crippen LogP contribution < -0.4 is 0 Å². The first-order chi connectivity index (χ1) is 12.5. The smallest absolute Gasteiger partial charge is 0.340 e. The highest BCUT2D eigenvalue weighted by atomic mass is 16.5. The summed E-state index contributed by atoms with van der Waals surface area (Å²) in [6.07, 6.45) is 1.53. The average Bonchev–Trinajstić information content (AvgIpc) is 2.88. The lowest BCUT2D eigenvalue weighted by atomic mass is 10.0. The zero-order chi connectivity index (χ0) is 18.7. The third-order valence-electron chi connectivity index (χ3n) is 4.32. The number of carbonyl (C=O) groups excluding carboxylic acids is 2. The van der Waals surface area contributed by atoms with Gasteiger partial charge in [-0.25, -0.2) is 4.79 Å². The van der Waals surface area contributed by atoms with Crippen molar-refractivity contribution in [2.75, 3.05) is 7.11 Å². The molecule has 1 heterocycles. The largest absolute Gasteiger partial charge is 0.507 e. The molecule has 1 amide bonds. The van der Waals surface area contributed by atoms with Crippen molar-refractivity contribution in [2.45, 2.75) is 13.5 Å². The molecule has 5 heteroatoms. The van der Waals surface area contributed by atoms with Crippen molar-refractivity contribution in [3.8, 4) is 5.75 Å². The van der Waals surface area contributed by atoms with Gasteiger partial charge in [-0.15, -0.1) is 0 Å². The van der Waals surface area contributed by atoms with Crippen molar-refractivity contribution in [3.05, 3.63) is 82.6 Å². The summed E-state index contributed by atoms with van der Waals surface area (Å²) in [7, 11) is 1.28. The molecular weight excluding hydrogens is 330 g/mol. The fourth-order valence-corrected chi connectivity index (χ4v) is 2.95. The van der Waals surface area contributed by atoms with E-state index in [1.54, 1.807) is 30.0 Å². The van der Waals surface area contributed by atoms with E-state index < -0.39 is 5.97 Å². The van der Waals surface area contributed by atoms with Crippen molar-refractivity contribution < 1.29 is 19.4 Å². The number of carbonyl (C=O) groups is 2. The number of nitrogens with zero attached hydrogens (tertiary/aromatic N) is 1. The molecule has 0 atom stereocenters. The first-order valence-electron chi connectivity index (χ1n) is 8.18. The highest BCUT2D eigenvalue weighted by Crippen LogP contribution is 2.34. The Balaban J connectivity index is 2.05. The van der Waals surface area contributed by atoms with Gasteiger partial charge in [-0.05, 0) is 24.6 Å². The van der Waals surface area contributed by atoms with Gasteiger partial charge in [-0.2, -0.15) is 0 Å². The van der Waals surface area contributed by atoms with E-state index >= 15 is 0 Å². The van der Waals surface area contributed by atoms with Gasteiger partial charge >= 0.3 is 5.97 Å². The third-order valence-corrected chi connectivity index (χ3v) is 4.32. The Kier molecular flexibility index (Phi) is 4.89. The zero-order valence-electron chi connectivity index (χ0n) is 14.6. The van der Waals surface area contributed by atoms with Crippen molar-refractivity contribution in [1.82, 2.24) is 4.90 Å². The molecule has 2 aromatic rings. The van der Waals surface area contributed by atoms with Gasteiger partial charge in [-0.3, -0.25) is 4.79 Å². The molecule has 1 N–H and O–H groups in total. The second-order valence-electron chi connectivity index (χ2n) is 5.95. The molecule has 2 aromatic carbocycles. The zero-order valence-corrected chi connectivity index (χ0v) is 14.6. The first-order valence-corrected chi connectivity index (χ1v) is 8.18. The number of para-hydroxylation sites is 1. The summed E-state index contributed by atoms with van der Waals surface area (Å²) >= 11 is 0. The van der Waals surface area contributed by atoms with Crippen LogP contribution in [-0.2, 0) is 20.9 Å². The number of amides is 1. The number of hydrogen-bond donors (Lipinski definition) is 1. The molecule has 1 aliphatic rings. The van der Waals surface area contributed by atoms with Gasteiger partial charge in [0, 0.05) is 11.3 Å². The Labute approximate surface area is 151 Å². The normalized spacial score (nSPS) is 15.7. The van der Waals surface area contributed by atoms with E-state index in [2.05, 4.69) is 0 Å². The number of esters is 1. The summed E-state index contributed by atoms with van der Waals surface area (Å²) in [5.41, 5.74) is 2.38. The minimum Gasteiger partial charge on any atom is -0.507 e. The summed E-state index contributed by atoms with van der Waals surface area (Å²) < 4.78 is 4.87. The predicted molar refractivity (Wildman–Crippen MR) is 97.8 cm³/mol. The van der Waals surface area contributed by atoms with Crippen molar-refractivity contribution in [3.63, 3.8) is 0 Å². The number of aromatic hydroxyl groups is 1. The Hall–Kier alpha value is -3.34. The van der Waals surface area contributed by atoms with Crippen molar-refractivity contribution in [2.24, 2.45) is 0 Å². The molecule has 0 unspecified atom stereocenters. The van der Waals surface area contributed by atoms with E-state index in [9.17, 15) is 14.7 Å². The van der Waals surface area contributed by atoms with Gasteiger partial charge in [0.1, 0.15) is 5.75 Å². The molecule has 5 nitrogen and oxygen atoms in total. The Morgan fingerprint density at radius 1 is 1.12 bits per heavy atom. The Morgan fingerprint density at radius 3 is 2.42 bits per heavy atom. The van der Waals surface area contributed by atoms with E-state index in [-0.39, 0.29) is 22.8 Å². The predicted octanol–water partition coefficient (Wildman–Crippen LogP) is 3.27. The van der Waals surface area contributed by atoms with Crippen LogP contribution in [0.1, 0.15) is 18.1 Å². The van der Waals surface area contributed by atoms with Gasteiger partial charge in [-0.1, -0.05) is 48.5 Å². The lowest BCUT2D eigenvalue weighted by molar-refractivity contribution is -0.136. The van der Waals surface area contributed by atoms with Gasteiger partial charge in [0.15, 0.2) is 0 Å². The Bertz CT molecular complexity index is 913. The summed E-state index contributed by atoms with van der Waals surface area (Å²) in [6.45, 7) is 2.07. The summed E-state index contributed by atoms with van der Waals surface area (Å²) in [5.74, 6) is -0.834. The summed E-state index contributed by atoms with van der Waals surface area (Å²) in [6, 6.07) is 16.2. The van der Waals surface area contributed by atoms with Crippen LogP contribution in [0.2, 0.25) is 0 Å². The van der Waals surface area contributed by atoms with Gasteiger partial charge in [0.2, 0.25) is 0 Å². The number of phenolic OH excluding ortho intramolecular Hbond substituents is 1. The molecule has 0 bridgehead atoms. The summed E-state index contributed by atoms with van der Waals surface area (Å²) in [5, 5.41) is 10.0. The van der Waals surface area contributed by atoms with Crippen LogP contribution in [0.15, 0.2) is 71.4 Å². The van der Waals surface area contributed by atoms with Crippen LogP contribution >= 0.6 is 0 Å². The number of ether oxygens (including phenoxy) is 1. The minimum absolute atomic E-state index is 0.0381.